The highest BCUT2D eigenvalue weighted by atomic mass is 32.2. The molecule has 1 aromatic heterocycles. The normalized spacial score (nSPS) is 13.6. The molecule has 6 nitrogen and oxygen atoms in total. The van der Waals surface area contributed by atoms with Crippen molar-refractivity contribution in [1.82, 2.24) is 19.8 Å². The van der Waals surface area contributed by atoms with Crippen LogP contribution in [-0.4, -0.2) is 37.3 Å². The topological polar surface area (TPSA) is 76.0 Å². The zero-order valence-electron chi connectivity index (χ0n) is 11.9. The standard InChI is InChI=1S/C12H24N4O2S/c1-4-6-13-7-8-16-10-12(9-14-16)19(17,18)15-11(3)5-2/h9-11,13,15H,4-8H2,1-3H3. The number of aromatic nitrogens is 2. The lowest BCUT2D eigenvalue weighted by Crippen LogP contribution is -2.31. The maximum Gasteiger partial charge on any atom is 0.243 e. The van der Waals surface area contributed by atoms with Crippen LogP contribution in [0.15, 0.2) is 17.3 Å². The molecule has 0 aromatic carbocycles. The highest BCUT2D eigenvalue weighted by molar-refractivity contribution is 7.89. The van der Waals surface area contributed by atoms with E-state index in [0.29, 0.717) is 6.54 Å². The van der Waals surface area contributed by atoms with E-state index in [1.54, 1.807) is 10.9 Å². The van der Waals surface area contributed by atoms with E-state index in [0.717, 1.165) is 25.9 Å². The van der Waals surface area contributed by atoms with Gasteiger partial charge in [0.05, 0.1) is 12.7 Å². The first-order valence-corrected chi connectivity index (χ1v) is 8.23. The Balaban J connectivity index is 2.58. The van der Waals surface area contributed by atoms with Crippen LogP contribution in [0.5, 0.6) is 0 Å². The second kappa shape index (κ2) is 7.62. The van der Waals surface area contributed by atoms with Gasteiger partial charge in [0.25, 0.3) is 0 Å². The molecule has 1 heterocycles. The van der Waals surface area contributed by atoms with E-state index in [2.05, 4.69) is 22.1 Å². The van der Waals surface area contributed by atoms with Crippen molar-refractivity contribution in [3.8, 4) is 0 Å². The van der Waals surface area contributed by atoms with E-state index in [4.69, 9.17) is 0 Å². The number of sulfonamides is 1. The predicted molar refractivity (Wildman–Crippen MR) is 75.5 cm³/mol. The van der Waals surface area contributed by atoms with Crippen molar-refractivity contribution in [2.75, 3.05) is 13.1 Å². The maximum absolute atomic E-state index is 12.0. The van der Waals surface area contributed by atoms with Gasteiger partial charge in [0.2, 0.25) is 10.0 Å². The summed E-state index contributed by atoms with van der Waals surface area (Å²) >= 11 is 0. The summed E-state index contributed by atoms with van der Waals surface area (Å²) in [6.07, 6.45) is 4.80. The Bertz CT molecular complexity index is 470. The van der Waals surface area contributed by atoms with Gasteiger partial charge >= 0.3 is 0 Å². The number of nitrogens with one attached hydrogen (secondary N) is 2. The van der Waals surface area contributed by atoms with Gasteiger partial charge in [-0.2, -0.15) is 5.10 Å². The van der Waals surface area contributed by atoms with Gasteiger partial charge < -0.3 is 5.32 Å². The van der Waals surface area contributed by atoms with E-state index in [-0.39, 0.29) is 10.9 Å². The molecule has 0 amide bonds. The predicted octanol–water partition coefficient (Wildman–Crippen LogP) is 0.960. The van der Waals surface area contributed by atoms with Crippen molar-refractivity contribution in [1.29, 1.82) is 0 Å². The van der Waals surface area contributed by atoms with Crippen LogP contribution < -0.4 is 10.0 Å². The average Bonchev–Trinajstić information content (AvgIpc) is 2.83. The summed E-state index contributed by atoms with van der Waals surface area (Å²) in [4.78, 5) is 0.225. The fourth-order valence-electron chi connectivity index (χ4n) is 1.52. The fourth-order valence-corrected chi connectivity index (χ4v) is 2.80. The first-order chi connectivity index (χ1) is 8.99. The SMILES string of the molecule is CCCNCCn1cc(S(=O)(=O)NC(C)CC)cn1. The molecule has 0 saturated carbocycles. The van der Waals surface area contributed by atoms with Crippen LogP contribution in [-0.2, 0) is 16.6 Å². The van der Waals surface area contributed by atoms with Gasteiger partial charge in [0.1, 0.15) is 4.90 Å². The van der Waals surface area contributed by atoms with Gasteiger partial charge in [-0.05, 0) is 26.3 Å². The zero-order valence-corrected chi connectivity index (χ0v) is 12.7. The largest absolute Gasteiger partial charge is 0.315 e. The molecule has 0 bridgehead atoms. The molecule has 1 aromatic rings. The third kappa shape index (κ3) is 5.30. The third-order valence-corrected chi connectivity index (χ3v) is 4.38. The Hall–Kier alpha value is -0.920. The van der Waals surface area contributed by atoms with Crippen molar-refractivity contribution < 1.29 is 8.42 Å². The van der Waals surface area contributed by atoms with Gasteiger partial charge in [0.15, 0.2) is 0 Å². The molecule has 2 N–H and O–H groups in total. The van der Waals surface area contributed by atoms with Gasteiger partial charge in [-0.1, -0.05) is 13.8 Å². The van der Waals surface area contributed by atoms with Crippen molar-refractivity contribution in [2.45, 2.75) is 51.1 Å². The lowest BCUT2D eigenvalue weighted by Gasteiger charge is -2.10. The molecule has 0 aliphatic heterocycles. The third-order valence-electron chi connectivity index (χ3n) is 2.83. The Kier molecular flexibility index (Phi) is 6.47. The summed E-state index contributed by atoms with van der Waals surface area (Å²) in [6, 6.07) is -0.0698. The highest BCUT2D eigenvalue weighted by Crippen LogP contribution is 2.08. The number of hydrogen-bond acceptors (Lipinski definition) is 4. The smallest absolute Gasteiger partial charge is 0.243 e. The summed E-state index contributed by atoms with van der Waals surface area (Å²) in [5.41, 5.74) is 0. The van der Waals surface area contributed by atoms with Gasteiger partial charge in [-0.25, -0.2) is 13.1 Å². The highest BCUT2D eigenvalue weighted by Gasteiger charge is 2.18. The monoisotopic (exact) mass is 288 g/mol. The molecule has 0 aliphatic rings. The fraction of sp³-hybridized carbons (Fsp3) is 0.750. The Labute approximate surface area is 115 Å². The van der Waals surface area contributed by atoms with E-state index >= 15 is 0 Å². The second-order valence-electron chi connectivity index (χ2n) is 4.62. The van der Waals surface area contributed by atoms with Crippen molar-refractivity contribution in [3.05, 3.63) is 12.4 Å². The molecular weight excluding hydrogens is 264 g/mol. The van der Waals surface area contributed by atoms with Crippen LogP contribution in [0.3, 0.4) is 0 Å². The van der Waals surface area contributed by atoms with E-state index in [1.165, 1.54) is 6.20 Å². The van der Waals surface area contributed by atoms with Crippen LogP contribution in [0.1, 0.15) is 33.6 Å². The minimum absolute atomic E-state index is 0.0698. The minimum atomic E-state index is -3.44. The molecular formula is C12H24N4O2S. The van der Waals surface area contributed by atoms with E-state index in [9.17, 15) is 8.42 Å². The first-order valence-electron chi connectivity index (χ1n) is 6.75. The molecule has 0 saturated heterocycles. The summed E-state index contributed by atoms with van der Waals surface area (Å²) in [5.74, 6) is 0. The summed E-state index contributed by atoms with van der Waals surface area (Å²) < 4.78 is 28.3. The molecule has 0 aliphatic carbocycles. The molecule has 0 fully saturated rings. The number of hydrogen-bond donors (Lipinski definition) is 2. The zero-order chi connectivity index (χ0) is 14.3. The van der Waals surface area contributed by atoms with Crippen LogP contribution in [0.2, 0.25) is 0 Å². The molecule has 1 atom stereocenters. The second-order valence-corrected chi connectivity index (χ2v) is 6.33. The van der Waals surface area contributed by atoms with Crippen LogP contribution in [0, 0.1) is 0 Å². The van der Waals surface area contributed by atoms with Crippen molar-refractivity contribution in [2.24, 2.45) is 0 Å². The lowest BCUT2D eigenvalue weighted by atomic mass is 10.3. The van der Waals surface area contributed by atoms with E-state index < -0.39 is 10.0 Å². The van der Waals surface area contributed by atoms with Gasteiger partial charge in [-0.15, -0.1) is 0 Å². The molecule has 0 spiro atoms. The van der Waals surface area contributed by atoms with E-state index in [1.807, 2.05) is 13.8 Å². The average molecular weight is 288 g/mol. The Morgan fingerprint density at radius 1 is 1.37 bits per heavy atom. The maximum atomic E-state index is 12.0. The summed E-state index contributed by atoms with van der Waals surface area (Å²) in [7, 11) is -3.44. The molecule has 0 radical (unpaired) electrons. The van der Waals surface area contributed by atoms with Crippen LogP contribution in [0.4, 0.5) is 0 Å². The van der Waals surface area contributed by atoms with Crippen LogP contribution >= 0.6 is 0 Å². The molecule has 110 valence electrons. The van der Waals surface area contributed by atoms with Crippen molar-refractivity contribution >= 4 is 10.0 Å². The Morgan fingerprint density at radius 3 is 2.74 bits per heavy atom. The molecule has 7 heteroatoms. The van der Waals surface area contributed by atoms with Gasteiger partial charge in [0, 0.05) is 18.8 Å². The first kappa shape index (κ1) is 16.1. The number of nitrogens with zero attached hydrogens (tertiary/aromatic N) is 2. The lowest BCUT2D eigenvalue weighted by molar-refractivity contribution is 0.548. The summed E-state index contributed by atoms with van der Waals surface area (Å²) in [5, 5.41) is 7.32. The molecule has 1 unspecified atom stereocenters. The Morgan fingerprint density at radius 2 is 2.11 bits per heavy atom. The quantitative estimate of drug-likeness (QED) is 0.664. The molecule has 1 rings (SSSR count). The van der Waals surface area contributed by atoms with Gasteiger partial charge in [-0.3, -0.25) is 4.68 Å². The van der Waals surface area contributed by atoms with Crippen molar-refractivity contribution in [3.63, 3.8) is 0 Å². The minimum Gasteiger partial charge on any atom is -0.315 e. The summed E-state index contributed by atoms with van der Waals surface area (Å²) in [6.45, 7) is 8.30. The molecule has 19 heavy (non-hydrogen) atoms. The number of rotatable bonds is 9. The van der Waals surface area contributed by atoms with Crippen LogP contribution in [0.25, 0.3) is 0 Å².